The number of rotatable bonds is 6. The van der Waals surface area contributed by atoms with Gasteiger partial charge in [-0.15, -0.1) is 11.8 Å². The maximum atomic E-state index is 12.8. The summed E-state index contributed by atoms with van der Waals surface area (Å²) in [4.78, 5) is 14.7. The fourth-order valence-electron chi connectivity index (χ4n) is 3.04. The number of halogens is 1. The molecule has 148 valence electrons. The van der Waals surface area contributed by atoms with E-state index in [1.54, 1.807) is 63.4 Å². The number of thioether (sulfide) groups is 1. The molecule has 0 aliphatic carbocycles. The highest BCUT2D eigenvalue weighted by atomic mass is 35.5. The van der Waals surface area contributed by atoms with Crippen LogP contribution in [0.15, 0.2) is 42.5 Å². The van der Waals surface area contributed by atoms with Gasteiger partial charge in [0.25, 0.3) is 0 Å². The zero-order valence-corrected chi connectivity index (χ0v) is 17.5. The Hall–Kier alpha value is -2.31. The Morgan fingerprint density at radius 2 is 1.71 bits per heavy atom. The van der Waals surface area contributed by atoms with Gasteiger partial charge in [0.15, 0.2) is 11.5 Å². The van der Waals surface area contributed by atoms with Crippen LogP contribution in [0.25, 0.3) is 6.08 Å². The minimum absolute atomic E-state index is 0.0539. The summed E-state index contributed by atoms with van der Waals surface area (Å²) in [6.07, 6.45) is 3.39. The van der Waals surface area contributed by atoms with E-state index in [1.165, 1.54) is 0 Å². The van der Waals surface area contributed by atoms with Crippen molar-refractivity contribution in [3.63, 3.8) is 0 Å². The van der Waals surface area contributed by atoms with Gasteiger partial charge >= 0.3 is 0 Å². The standard InChI is InChI=1S/C21H22ClNO4S/c1-25-17-13-19(27-3)18(26-2)12-16(17)21-23(10-11-28-21)20(24)9-6-14-4-7-15(22)8-5-14/h4-9,12-13,21H,10-11H2,1-3H3/b9-6+. The minimum atomic E-state index is -0.155. The van der Waals surface area contributed by atoms with E-state index in [4.69, 9.17) is 25.8 Å². The second kappa shape index (κ2) is 9.26. The zero-order valence-electron chi connectivity index (χ0n) is 16.0. The average molecular weight is 420 g/mol. The molecule has 0 radical (unpaired) electrons. The van der Waals surface area contributed by atoms with Gasteiger partial charge in [0.05, 0.1) is 21.3 Å². The summed E-state index contributed by atoms with van der Waals surface area (Å²) in [5, 5.41) is 0.511. The minimum Gasteiger partial charge on any atom is -0.496 e. The monoisotopic (exact) mass is 419 g/mol. The summed E-state index contributed by atoms with van der Waals surface area (Å²) in [5.74, 6) is 2.66. The van der Waals surface area contributed by atoms with E-state index in [1.807, 2.05) is 23.1 Å². The third kappa shape index (κ3) is 4.39. The van der Waals surface area contributed by atoms with E-state index in [9.17, 15) is 4.79 Å². The highest BCUT2D eigenvalue weighted by Crippen LogP contribution is 2.46. The first kappa shape index (κ1) is 20.4. The zero-order chi connectivity index (χ0) is 20.1. The quantitative estimate of drug-likeness (QED) is 0.637. The molecule has 1 aliphatic rings. The number of ether oxygens (including phenoxy) is 3. The van der Waals surface area contributed by atoms with Crippen LogP contribution in [0.1, 0.15) is 16.5 Å². The summed E-state index contributed by atoms with van der Waals surface area (Å²) in [7, 11) is 4.78. The van der Waals surface area contributed by atoms with E-state index in [0.29, 0.717) is 28.8 Å². The average Bonchev–Trinajstić information content (AvgIpc) is 3.21. The van der Waals surface area contributed by atoms with Crippen LogP contribution in [0.5, 0.6) is 17.2 Å². The van der Waals surface area contributed by atoms with E-state index < -0.39 is 0 Å². The Balaban J connectivity index is 1.86. The predicted octanol–water partition coefficient (Wildman–Crippen LogP) is 4.65. The first-order valence-corrected chi connectivity index (χ1v) is 10.2. The van der Waals surface area contributed by atoms with Crippen molar-refractivity contribution < 1.29 is 19.0 Å². The highest BCUT2D eigenvalue weighted by molar-refractivity contribution is 7.99. The molecular weight excluding hydrogens is 398 g/mol. The van der Waals surface area contributed by atoms with Crippen LogP contribution in [0.2, 0.25) is 5.02 Å². The molecule has 1 atom stereocenters. The molecule has 1 saturated heterocycles. The Morgan fingerprint density at radius 1 is 1.07 bits per heavy atom. The molecule has 1 aliphatic heterocycles. The molecule has 5 nitrogen and oxygen atoms in total. The van der Waals surface area contributed by atoms with Crippen molar-refractivity contribution in [1.82, 2.24) is 4.90 Å². The molecule has 1 heterocycles. The maximum absolute atomic E-state index is 12.8. The molecule has 2 aromatic rings. The van der Waals surface area contributed by atoms with Crippen molar-refractivity contribution in [2.24, 2.45) is 0 Å². The molecule has 1 fully saturated rings. The summed E-state index contributed by atoms with van der Waals surface area (Å²) in [5.41, 5.74) is 1.81. The van der Waals surface area contributed by atoms with Crippen LogP contribution >= 0.6 is 23.4 Å². The van der Waals surface area contributed by atoms with Crippen LogP contribution in [0.3, 0.4) is 0 Å². The number of carbonyl (C=O) groups is 1. The van der Waals surface area contributed by atoms with Gasteiger partial charge < -0.3 is 19.1 Å². The van der Waals surface area contributed by atoms with Gasteiger partial charge in [-0.25, -0.2) is 0 Å². The molecule has 0 spiro atoms. The number of nitrogens with zero attached hydrogens (tertiary/aromatic N) is 1. The van der Waals surface area contributed by atoms with Crippen LogP contribution in [0.4, 0.5) is 0 Å². The van der Waals surface area contributed by atoms with Gasteiger partial charge in [0.2, 0.25) is 5.91 Å². The Bertz CT molecular complexity index is 869. The van der Waals surface area contributed by atoms with Gasteiger partial charge in [-0.05, 0) is 29.8 Å². The fraction of sp³-hybridized carbons (Fsp3) is 0.286. The number of hydrogen-bond donors (Lipinski definition) is 0. The van der Waals surface area contributed by atoms with E-state index in [2.05, 4.69) is 0 Å². The number of carbonyl (C=O) groups excluding carboxylic acids is 1. The van der Waals surface area contributed by atoms with Crippen LogP contribution in [-0.4, -0.2) is 44.4 Å². The van der Waals surface area contributed by atoms with Crippen molar-refractivity contribution in [2.45, 2.75) is 5.37 Å². The Kier molecular flexibility index (Phi) is 6.75. The first-order chi connectivity index (χ1) is 13.6. The van der Waals surface area contributed by atoms with Crippen molar-refractivity contribution >= 4 is 35.3 Å². The normalized spacial score (nSPS) is 16.4. The molecule has 0 bridgehead atoms. The predicted molar refractivity (Wildman–Crippen MR) is 113 cm³/mol. The lowest BCUT2D eigenvalue weighted by atomic mass is 10.1. The number of hydrogen-bond acceptors (Lipinski definition) is 5. The molecule has 3 rings (SSSR count). The molecule has 0 N–H and O–H groups in total. The second-order valence-electron chi connectivity index (χ2n) is 6.09. The van der Waals surface area contributed by atoms with Crippen molar-refractivity contribution in [3.05, 3.63) is 58.6 Å². The van der Waals surface area contributed by atoms with E-state index in [-0.39, 0.29) is 11.3 Å². The topological polar surface area (TPSA) is 48.0 Å². The molecule has 28 heavy (non-hydrogen) atoms. The van der Waals surface area contributed by atoms with Gasteiger partial charge in [-0.2, -0.15) is 0 Å². The summed E-state index contributed by atoms with van der Waals surface area (Å²) in [6.45, 7) is 0.663. The van der Waals surface area contributed by atoms with Crippen LogP contribution in [-0.2, 0) is 4.79 Å². The van der Waals surface area contributed by atoms with E-state index >= 15 is 0 Å². The third-order valence-electron chi connectivity index (χ3n) is 4.46. The van der Waals surface area contributed by atoms with Crippen LogP contribution in [0, 0.1) is 0 Å². The second-order valence-corrected chi connectivity index (χ2v) is 7.71. The molecule has 1 unspecified atom stereocenters. The lowest BCUT2D eigenvalue weighted by Crippen LogP contribution is -2.29. The maximum Gasteiger partial charge on any atom is 0.247 e. The lowest BCUT2D eigenvalue weighted by Gasteiger charge is -2.25. The van der Waals surface area contributed by atoms with Crippen molar-refractivity contribution in [1.29, 1.82) is 0 Å². The number of amides is 1. The molecule has 1 amide bonds. The number of methoxy groups -OCH3 is 3. The first-order valence-electron chi connectivity index (χ1n) is 8.73. The lowest BCUT2D eigenvalue weighted by molar-refractivity contribution is -0.126. The Labute approximate surface area is 174 Å². The molecular formula is C21H22ClNO4S. The van der Waals surface area contributed by atoms with Gasteiger partial charge in [0, 0.05) is 35.0 Å². The Morgan fingerprint density at radius 3 is 2.36 bits per heavy atom. The number of benzene rings is 2. The SMILES string of the molecule is COc1cc(OC)c(C2SCCN2C(=O)/C=C/c2ccc(Cl)cc2)cc1OC. The fourth-order valence-corrected chi connectivity index (χ4v) is 4.44. The smallest absolute Gasteiger partial charge is 0.247 e. The van der Waals surface area contributed by atoms with Gasteiger partial charge in [-0.3, -0.25) is 4.79 Å². The van der Waals surface area contributed by atoms with Gasteiger partial charge in [-0.1, -0.05) is 23.7 Å². The summed E-state index contributed by atoms with van der Waals surface area (Å²) in [6, 6.07) is 11.0. The highest BCUT2D eigenvalue weighted by Gasteiger charge is 2.32. The van der Waals surface area contributed by atoms with Crippen molar-refractivity contribution in [2.75, 3.05) is 33.6 Å². The van der Waals surface area contributed by atoms with Gasteiger partial charge in [0.1, 0.15) is 11.1 Å². The molecule has 2 aromatic carbocycles. The molecule has 0 aromatic heterocycles. The molecule has 7 heteroatoms. The third-order valence-corrected chi connectivity index (χ3v) is 5.96. The summed E-state index contributed by atoms with van der Waals surface area (Å²) >= 11 is 7.60. The van der Waals surface area contributed by atoms with Crippen LogP contribution < -0.4 is 14.2 Å². The van der Waals surface area contributed by atoms with Crippen molar-refractivity contribution in [3.8, 4) is 17.2 Å². The largest absolute Gasteiger partial charge is 0.496 e. The van der Waals surface area contributed by atoms with E-state index in [0.717, 1.165) is 16.9 Å². The molecule has 0 saturated carbocycles. The summed E-state index contributed by atoms with van der Waals surface area (Å²) < 4.78 is 16.3.